The van der Waals surface area contributed by atoms with Crippen molar-refractivity contribution >= 4 is 45.7 Å². The highest BCUT2D eigenvalue weighted by Crippen LogP contribution is 2.37. The zero-order valence-corrected chi connectivity index (χ0v) is 18.5. The molecule has 6 nitrogen and oxygen atoms in total. The minimum atomic E-state index is -0.350. The van der Waals surface area contributed by atoms with Crippen LogP contribution in [-0.2, 0) is 5.75 Å². The van der Waals surface area contributed by atoms with E-state index in [9.17, 15) is 4.79 Å². The molecule has 0 aliphatic heterocycles. The monoisotopic (exact) mass is 449 g/mol. The van der Waals surface area contributed by atoms with Crippen molar-refractivity contribution < 1.29 is 14.3 Å². The number of methoxy groups -OCH3 is 1. The molecule has 0 saturated heterocycles. The summed E-state index contributed by atoms with van der Waals surface area (Å²) in [5.41, 5.74) is 1.54. The fourth-order valence-electron chi connectivity index (χ4n) is 2.41. The quantitative estimate of drug-likeness (QED) is 0.360. The van der Waals surface area contributed by atoms with E-state index in [1.807, 2.05) is 32.0 Å². The van der Waals surface area contributed by atoms with Crippen molar-refractivity contribution in [2.75, 3.05) is 12.4 Å². The van der Waals surface area contributed by atoms with Crippen LogP contribution in [0.1, 0.15) is 29.8 Å². The lowest BCUT2D eigenvalue weighted by atomic mass is 10.2. The van der Waals surface area contributed by atoms with Crippen LogP contribution < -0.4 is 14.8 Å². The average molecular weight is 450 g/mol. The van der Waals surface area contributed by atoms with E-state index in [4.69, 9.17) is 21.1 Å². The molecule has 0 spiro atoms. The molecule has 2 aromatic carbocycles. The molecule has 1 heterocycles. The number of ether oxygens (including phenoxy) is 2. The molecule has 0 unspecified atom stereocenters. The molecule has 152 valence electrons. The Kier molecular flexibility index (Phi) is 7.35. The molecule has 3 aromatic rings. The van der Waals surface area contributed by atoms with E-state index in [-0.39, 0.29) is 12.0 Å². The predicted molar refractivity (Wildman–Crippen MR) is 118 cm³/mol. The number of carbonyl (C=O) groups excluding carboxylic acids is 1. The van der Waals surface area contributed by atoms with E-state index in [1.54, 1.807) is 23.9 Å². The Labute approximate surface area is 182 Å². The van der Waals surface area contributed by atoms with Crippen molar-refractivity contribution in [3.05, 3.63) is 58.6 Å². The standard InChI is InChI=1S/C20H20ClN3O3S2/c1-12(2)27-17-15(21)9-14(10-16(17)26-3)18(25)22-19-23-24-20(29-19)28-11-13-7-5-4-6-8-13/h4-10,12H,11H2,1-3H3,(H,22,23,25). The van der Waals surface area contributed by atoms with E-state index in [0.717, 1.165) is 10.1 Å². The molecule has 0 fully saturated rings. The van der Waals surface area contributed by atoms with Crippen LogP contribution in [0, 0.1) is 0 Å². The van der Waals surface area contributed by atoms with E-state index in [1.165, 1.54) is 24.0 Å². The number of carbonyl (C=O) groups is 1. The number of anilines is 1. The van der Waals surface area contributed by atoms with Crippen LogP contribution in [0.2, 0.25) is 5.02 Å². The number of aromatic nitrogens is 2. The molecule has 0 aliphatic rings. The van der Waals surface area contributed by atoms with Crippen LogP contribution in [0.5, 0.6) is 11.5 Å². The van der Waals surface area contributed by atoms with Crippen molar-refractivity contribution in [1.29, 1.82) is 0 Å². The van der Waals surface area contributed by atoms with Crippen molar-refractivity contribution in [1.82, 2.24) is 10.2 Å². The molecule has 0 radical (unpaired) electrons. The maximum atomic E-state index is 12.6. The fraction of sp³-hybridized carbons (Fsp3) is 0.250. The SMILES string of the molecule is COc1cc(C(=O)Nc2nnc(SCc3ccccc3)s2)cc(Cl)c1OC(C)C. The second-order valence-electron chi connectivity index (χ2n) is 6.26. The number of rotatable bonds is 8. The lowest BCUT2D eigenvalue weighted by Crippen LogP contribution is -2.13. The van der Waals surface area contributed by atoms with Gasteiger partial charge in [0.05, 0.1) is 18.2 Å². The van der Waals surface area contributed by atoms with Gasteiger partial charge in [-0.25, -0.2) is 0 Å². The zero-order chi connectivity index (χ0) is 20.8. The van der Waals surface area contributed by atoms with Crippen molar-refractivity contribution in [2.45, 2.75) is 30.0 Å². The van der Waals surface area contributed by atoms with E-state index in [2.05, 4.69) is 27.6 Å². The maximum Gasteiger partial charge on any atom is 0.257 e. The van der Waals surface area contributed by atoms with Gasteiger partial charge in [0.2, 0.25) is 5.13 Å². The molecule has 3 rings (SSSR count). The highest BCUT2D eigenvalue weighted by molar-refractivity contribution is 8.00. The Hall–Kier alpha value is -2.29. The lowest BCUT2D eigenvalue weighted by molar-refractivity contribution is 0.102. The summed E-state index contributed by atoms with van der Waals surface area (Å²) < 4.78 is 11.8. The van der Waals surface area contributed by atoms with Gasteiger partial charge in [-0.1, -0.05) is 65.0 Å². The van der Waals surface area contributed by atoms with Crippen LogP contribution in [0.15, 0.2) is 46.8 Å². The Balaban J connectivity index is 1.67. The van der Waals surface area contributed by atoms with E-state index >= 15 is 0 Å². The number of amides is 1. The Bertz CT molecular complexity index is 980. The summed E-state index contributed by atoms with van der Waals surface area (Å²) in [6.45, 7) is 3.78. The molecule has 29 heavy (non-hydrogen) atoms. The zero-order valence-electron chi connectivity index (χ0n) is 16.1. The maximum absolute atomic E-state index is 12.6. The topological polar surface area (TPSA) is 73.3 Å². The Morgan fingerprint density at radius 2 is 2.00 bits per heavy atom. The van der Waals surface area contributed by atoms with Gasteiger partial charge in [0.1, 0.15) is 0 Å². The lowest BCUT2D eigenvalue weighted by Gasteiger charge is -2.16. The molecule has 0 aliphatic carbocycles. The highest BCUT2D eigenvalue weighted by Gasteiger charge is 2.18. The molecule has 1 aromatic heterocycles. The number of nitrogens with zero attached hydrogens (tertiary/aromatic N) is 2. The minimum absolute atomic E-state index is 0.0747. The minimum Gasteiger partial charge on any atom is -0.493 e. The van der Waals surface area contributed by atoms with Gasteiger partial charge in [0, 0.05) is 11.3 Å². The van der Waals surface area contributed by atoms with Gasteiger partial charge in [-0.15, -0.1) is 10.2 Å². The summed E-state index contributed by atoms with van der Waals surface area (Å²) in [4.78, 5) is 12.6. The first-order valence-corrected chi connectivity index (χ1v) is 11.0. The van der Waals surface area contributed by atoms with Gasteiger partial charge in [0.15, 0.2) is 15.8 Å². The smallest absolute Gasteiger partial charge is 0.257 e. The summed E-state index contributed by atoms with van der Waals surface area (Å²) >= 11 is 9.18. The highest BCUT2D eigenvalue weighted by atomic mass is 35.5. The van der Waals surface area contributed by atoms with Gasteiger partial charge in [0.25, 0.3) is 5.91 Å². The van der Waals surface area contributed by atoms with Gasteiger partial charge in [-0.2, -0.15) is 0 Å². The molecule has 9 heteroatoms. The second kappa shape index (κ2) is 9.96. The molecule has 1 amide bonds. The third kappa shape index (κ3) is 5.85. The summed E-state index contributed by atoms with van der Waals surface area (Å²) in [5, 5.41) is 11.6. The number of hydrogen-bond donors (Lipinski definition) is 1. The third-order valence-corrected chi connectivity index (χ3v) is 6.00. The number of benzene rings is 2. The van der Waals surface area contributed by atoms with Crippen molar-refractivity contribution in [2.24, 2.45) is 0 Å². The molecule has 0 atom stereocenters. The predicted octanol–water partition coefficient (Wildman–Crippen LogP) is 5.53. The largest absolute Gasteiger partial charge is 0.493 e. The molecule has 1 N–H and O–H groups in total. The van der Waals surface area contributed by atoms with Crippen molar-refractivity contribution in [3.8, 4) is 11.5 Å². The van der Waals surface area contributed by atoms with Crippen molar-refractivity contribution in [3.63, 3.8) is 0 Å². The number of hydrogen-bond acceptors (Lipinski definition) is 7. The van der Waals surface area contributed by atoms with Gasteiger partial charge < -0.3 is 9.47 Å². The van der Waals surface area contributed by atoms with Crippen LogP contribution in [0.25, 0.3) is 0 Å². The average Bonchev–Trinajstić information content (AvgIpc) is 3.15. The second-order valence-corrected chi connectivity index (χ2v) is 8.86. The van der Waals surface area contributed by atoms with Gasteiger partial charge >= 0.3 is 0 Å². The third-order valence-electron chi connectivity index (χ3n) is 3.68. The van der Waals surface area contributed by atoms with Gasteiger partial charge in [-0.3, -0.25) is 10.1 Å². The molecule has 0 bridgehead atoms. The molecular formula is C20H20ClN3O3S2. The van der Waals surface area contributed by atoms with E-state index in [0.29, 0.717) is 27.2 Å². The fourth-order valence-corrected chi connectivity index (χ4v) is 4.37. The van der Waals surface area contributed by atoms with Crippen LogP contribution in [-0.4, -0.2) is 29.3 Å². The van der Waals surface area contributed by atoms with E-state index < -0.39 is 0 Å². The first kappa shape index (κ1) is 21.4. The number of nitrogens with one attached hydrogen (secondary N) is 1. The number of halogens is 1. The summed E-state index contributed by atoms with van der Waals surface area (Å²) in [6, 6.07) is 13.2. The normalized spacial score (nSPS) is 10.8. The van der Waals surface area contributed by atoms with Crippen LogP contribution >= 0.6 is 34.7 Å². The van der Waals surface area contributed by atoms with Crippen LogP contribution in [0.3, 0.4) is 0 Å². The number of thioether (sulfide) groups is 1. The van der Waals surface area contributed by atoms with Crippen LogP contribution in [0.4, 0.5) is 5.13 Å². The van der Waals surface area contributed by atoms with Gasteiger partial charge in [-0.05, 0) is 31.5 Å². The Morgan fingerprint density at radius 1 is 1.24 bits per heavy atom. The summed E-state index contributed by atoms with van der Waals surface area (Å²) in [5.74, 6) is 1.24. The summed E-state index contributed by atoms with van der Waals surface area (Å²) in [7, 11) is 1.50. The first-order valence-electron chi connectivity index (χ1n) is 8.82. The summed E-state index contributed by atoms with van der Waals surface area (Å²) in [6.07, 6.45) is -0.0747. The first-order chi connectivity index (χ1) is 14.0. The molecule has 0 saturated carbocycles. The molecular weight excluding hydrogens is 430 g/mol. The Morgan fingerprint density at radius 3 is 2.69 bits per heavy atom.